The molecule has 0 spiro atoms. The van der Waals surface area contributed by atoms with Crippen LogP contribution in [0.5, 0.6) is 0 Å². The third-order valence-corrected chi connectivity index (χ3v) is 5.86. The lowest BCUT2D eigenvalue weighted by molar-refractivity contribution is -0.384. The molecule has 1 amide bonds. The highest BCUT2D eigenvalue weighted by molar-refractivity contribution is 5.95. The summed E-state index contributed by atoms with van der Waals surface area (Å²) < 4.78 is 1.56. The van der Waals surface area contributed by atoms with Crippen molar-refractivity contribution in [3.05, 3.63) is 88.0 Å². The number of amides is 1. The maximum atomic E-state index is 12.7. The largest absolute Gasteiger partial charge is 0.350 e. The van der Waals surface area contributed by atoms with E-state index >= 15 is 0 Å². The number of nitro benzene ring substituents is 1. The number of nitrogens with zero attached hydrogens (tertiary/aromatic N) is 4. The number of carbonyl (C=O) groups is 1. The molecular formula is C23H25N5O3. The van der Waals surface area contributed by atoms with Crippen molar-refractivity contribution in [2.75, 3.05) is 13.1 Å². The number of benzene rings is 2. The highest BCUT2D eigenvalue weighted by atomic mass is 16.6. The molecule has 2 aromatic carbocycles. The van der Waals surface area contributed by atoms with Gasteiger partial charge in [0.15, 0.2) is 0 Å². The van der Waals surface area contributed by atoms with E-state index in [9.17, 15) is 14.9 Å². The van der Waals surface area contributed by atoms with Gasteiger partial charge in [-0.3, -0.25) is 19.8 Å². The maximum absolute atomic E-state index is 12.7. The van der Waals surface area contributed by atoms with Crippen molar-refractivity contribution >= 4 is 11.6 Å². The molecule has 160 valence electrons. The van der Waals surface area contributed by atoms with Crippen molar-refractivity contribution in [3.8, 4) is 5.69 Å². The van der Waals surface area contributed by atoms with Gasteiger partial charge in [0, 0.05) is 49.7 Å². The number of fused-ring (bicyclic) bond motifs is 1. The van der Waals surface area contributed by atoms with E-state index in [4.69, 9.17) is 0 Å². The molecule has 1 aliphatic heterocycles. The van der Waals surface area contributed by atoms with E-state index in [-0.39, 0.29) is 23.2 Å². The fraction of sp³-hybridized carbons (Fsp3) is 0.304. The third-order valence-electron chi connectivity index (χ3n) is 5.86. The molecule has 2 heterocycles. The molecular weight excluding hydrogens is 394 g/mol. The minimum Gasteiger partial charge on any atom is -0.350 e. The van der Waals surface area contributed by atoms with Crippen LogP contribution in [0, 0.1) is 10.1 Å². The van der Waals surface area contributed by atoms with Crippen LogP contribution in [0.25, 0.3) is 5.69 Å². The minimum absolute atomic E-state index is 0.134. The van der Waals surface area contributed by atoms with Gasteiger partial charge in [0.2, 0.25) is 0 Å². The Balaban J connectivity index is 1.44. The molecule has 31 heavy (non-hydrogen) atoms. The average Bonchev–Trinajstić information content (AvgIpc) is 3.33. The quantitative estimate of drug-likeness (QED) is 0.468. The summed E-state index contributed by atoms with van der Waals surface area (Å²) in [6.45, 7) is 4.43. The topological polar surface area (TPSA) is 93.3 Å². The average molecular weight is 419 g/mol. The Hall–Kier alpha value is -3.52. The zero-order valence-corrected chi connectivity index (χ0v) is 17.4. The van der Waals surface area contributed by atoms with Crippen LogP contribution in [-0.2, 0) is 13.0 Å². The van der Waals surface area contributed by atoms with E-state index in [1.54, 1.807) is 29.1 Å². The van der Waals surface area contributed by atoms with E-state index in [1.165, 1.54) is 23.5 Å². The first-order valence-corrected chi connectivity index (χ1v) is 10.4. The van der Waals surface area contributed by atoms with Crippen LogP contribution in [0.3, 0.4) is 0 Å². The predicted molar refractivity (Wildman–Crippen MR) is 117 cm³/mol. The molecule has 0 saturated heterocycles. The van der Waals surface area contributed by atoms with E-state index in [0.29, 0.717) is 12.2 Å². The molecule has 0 aliphatic carbocycles. The number of hydrogen-bond acceptors (Lipinski definition) is 5. The molecule has 3 aromatic rings. The smallest absolute Gasteiger partial charge is 0.294 e. The second-order valence-electron chi connectivity index (χ2n) is 7.69. The second kappa shape index (κ2) is 9.09. The summed E-state index contributed by atoms with van der Waals surface area (Å²) in [5, 5.41) is 14.5. The summed E-state index contributed by atoms with van der Waals surface area (Å²) in [5.74, 6) is -0.309. The van der Waals surface area contributed by atoms with Crippen molar-refractivity contribution in [3.63, 3.8) is 0 Å². The van der Waals surface area contributed by atoms with Gasteiger partial charge < -0.3 is 9.88 Å². The monoisotopic (exact) mass is 419 g/mol. The first-order chi connectivity index (χ1) is 15.1. The Morgan fingerprint density at radius 1 is 1.26 bits per heavy atom. The lowest BCUT2D eigenvalue weighted by Crippen LogP contribution is -2.45. The molecule has 8 nitrogen and oxygen atoms in total. The summed E-state index contributed by atoms with van der Waals surface area (Å²) >= 11 is 0. The highest BCUT2D eigenvalue weighted by Gasteiger charge is 2.24. The summed E-state index contributed by atoms with van der Waals surface area (Å²) in [4.78, 5) is 30.1. The molecule has 0 saturated carbocycles. The number of nitrogens with one attached hydrogen (secondary N) is 1. The van der Waals surface area contributed by atoms with Gasteiger partial charge in [0.05, 0.1) is 11.3 Å². The van der Waals surface area contributed by atoms with Crippen molar-refractivity contribution < 1.29 is 9.72 Å². The Labute approximate surface area is 180 Å². The van der Waals surface area contributed by atoms with Crippen LogP contribution in [0.1, 0.15) is 34.8 Å². The van der Waals surface area contributed by atoms with Crippen molar-refractivity contribution in [2.24, 2.45) is 0 Å². The Morgan fingerprint density at radius 3 is 2.77 bits per heavy atom. The molecule has 0 fully saturated rings. The highest BCUT2D eigenvalue weighted by Crippen LogP contribution is 2.24. The van der Waals surface area contributed by atoms with Crippen LogP contribution in [-0.4, -0.2) is 44.4 Å². The van der Waals surface area contributed by atoms with Crippen LogP contribution in [0.2, 0.25) is 0 Å². The molecule has 0 radical (unpaired) electrons. The molecule has 1 N–H and O–H groups in total. The van der Waals surface area contributed by atoms with Crippen molar-refractivity contribution in [1.29, 1.82) is 0 Å². The number of aromatic nitrogens is 2. The molecule has 8 heteroatoms. The van der Waals surface area contributed by atoms with Crippen LogP contribution < -0.4 is 5.32 Å². The van der Waals surface area contributed by atoms with Gasteiger partial charge in [0.25, 0.3) is 11.6 Å². The zero-order valence-electron chi connectivity index (χ0n) is 17.4. The van der Waals surface area contributed by atoms with Gasteiger partial charge in [-0.05, 0) is 36.1 Å². The van der Waals surface area contributed by atoms with E-state index in [1.807, 2.05) is 0 Å². The number of imidazole rings is 1. The first kappa shape index (κ1) is 20.7. The summed E-state index contributed by atoms with van der Waals surface area (Å²) in [6, 6.07) is 13.2. The lowest BCUT2D eigenvalue weighted by Gasteiger charge is -2.35. The molecule has 0 bridgehead atoms. The third kappa shape index (κ3) is 4.49. The Bertz CT molecular complexity index is 1080. The molecule has 1 atom stereocenters. The van der Waals surface area contributed by atoms with Gasteiger partial charge in [-0.15, -0.1) is 0 Å². The van der Waals surface area contributed by atoms with Crippen LogP contribution in [0.4, 0.5) is 5.69 Å². The maximum Gasteiger partial charge on any atom is 0.294 e. The van der Waals surface area contributed by atoms with E-state index < -0.39 is 4.92 Å². The summed E-state index contributed by atoms with van der Waals surface area (Å²) in [6.07, 6.45) is 6.58. The normalized spacial score (nSPS) is 14.6. The number of hydrogen-bond donors (Lipinski definition) is 1. The van der Waals surface area contributed by atoms with Gasteiger partial charge >= 0.3 is 0 Å². The standard InChI is InChI=1S/C23H25N5O3/c1-2-20(26-11-9-17-5-3-4-6-19(17)15-26)14-25-23(29)18-7-8-21(22(13-18)28(30)31)27-12-10-24-16-27/h3-8,10,12-13,16,20H,2,9,11,14-15H2,1H3,(H,25,29). The van der Waals surface area contributed by atoms with Crippen molar-refractivity contribution in [1.82, 2.24) is 19.8 Å². The fourth-order valence-corrected chi connectivity index (χ4v) is 4.10. The molecule has 1 aliphatic rings. The first-order valence-electron chi connectivity index (χ1n) is 10.4. The number of nitro groups is 1. The SMILES string of the molecule is CCC(CNC(=O)c1ccc(-n2ccnc2)c([N+](=O)[O-])c1)N1CCc2ccccc2C1. The minimum atomic E-state index is -0.480. The lowest BCUT2D eigenvalue weighted by atomic mass is 9.98. The molecule has 4 rings (SSSR count). The van der Waals surface area contributed by atoms with Gasteiger partial charge in [-0.25, -0.2) is 4.98 Å². The second-order valence-corrected chi connectivity index (χ2v) is 7.69. The Morgan fingerprint density at radius 2 is 2.06 bits per heavy atom. The van der Waals surface area contributed by atoms with Crippen molar-refractivity contribution in [2.45, 2.75) is 32.4 Å². The van der Waals surface area contributed by atoms with Crippen LogP contribution in [0.15, 0.2) is 61.2 Å². The van der Waals surface area contributed by atoms with Gasteiger partial charge in [-0.1, -0.05) is 31.2 Å². The van der Waals surface area contributed by atoms with Gasteiger partial charge in [0.1, 0.15) is 5.69 Å². The number of carbonyl (C=O) groups excluding carboxylic acids is 1. The van der Waals surface area contributed by atoms with Crippen LogP contribution >= 0.6 is 0 Å². The van der Waals surface area contributed by atoms with E-state index in [0.717, 1.165) is 25.9 Å². The summed E-state index contributed by atoms with van der Waals surface area (Å²) in [5.41, 5.74) is 3.24. The molecule has 1 aromatic heterocycles. The predicted octanol–water partition coefficient (Wildman–Crippen LogP) is 3.35. The molecule has 1 unspecified atom stereocenters. The fourth-order valence-electron chi connectivity index (χ4n) is 4.10. The Kier molecular flexibility index (Phi) is 6.08. The van der Waals surface area contributed by atoms with Gasteiger partial charge in [-0.2, -0.15) is 0 Å². The number of rotatable bonds is 7. The summed E-state index contributed by atoms with van der Waals surface area (Å²) in [7, 11) is 0. The zero-order chi connectivity index (χ0) is 21.8. The van der Waals surface area contributed by atoms with E-state index in [2.05, 4.69) is 46.4 Å².